The van der Waals surface area contributed by atoms with Crippen LogP contribution in [-0.2, 0) is 15.7 Å². The van der Waals surface area contributed by atoms with Crippen LogP contribution < -0.4 is 11.5 Å². The molecule has 10 heteroatoms. The van der Waals surface area contributed by atoms with Gasteiger partial charge >= 0.3 is 12.1 Å². The third kappa shape index (κ3) is 3.50. The Balaban J connectivity index is 2.88. The number of halogens is 3. The van der Waals surface area contributed by atoms with Crippen LogP contribution in [0, 0.1) is 0 Å². The van der Waals surface area contributed by atoms with Crippen LogP contribution in [-0.4, -0.2) is 16.6 Å². The van der Waals surface area contributed by atoms with Crippen molar-refractivity contribution in [3.8, 4) is 0 Å². The number of allylic oxidation sites excluding steroid dienone is 2. The van der Waals surface area contributed by atoms with Gasteiger partial charge in [-0.2, -0.15) is 18.2 Å². The molecule has 0 fully saturated rings. The molecular weight excluding hydrogens is 257 g/mol. The molecule has 0 bridgehead atoms. The molecule has 0 radical (unpaired) electrons. The van der Waals surface area contributed by atoms with Gasteiger partial charge in [-0.15, -0.1) is 0 Å². The van der Waals surface area contributed by atoms with E-state index in [1.165, 1.54) is 0 Å². The van der Waals surface area contributed by atoms with E-state index >= 15 is 0 Å². The number of hydrogen-bond donors (Lipinski definition) is 2. The number of carbonyl (C=O) groups is 1. The second-order valence-electron chi connectivity index (χ2n) is 2.83. The lowest BCUT2D eigenvalue weighted by Gasteiger charge is -1.96. The number of nitrogens with two attached hydrogens (primary N) is 2. The molecule has 0 unspecified atom stereocenters. The number of nitrogens with zero attached hydrogens (tertiary/aromatic N) is 2. The van der Waals surface area contributed by atoms with E-state index in [-0.39, 0.29) is 18.1 Å². The summed E-state index contributed by atoms with van der Waals surface area (Å²) in [6.07, 6.45) is -2.64. The molecule has 0 aliphatic heterocycles. The molecule has 0 aliphatic rings. The van der Waals surface area contributed by atoms with Crippen LogP contribution in [0.15, 0.2) is 22.6 Å². The van der Waals surface area contributed by atoms with E-state index in [0.29, 0.717) is 0 Å². The van der Waals surface area contributed by atoms with Gasteiger partial charge < -0.3 is 20.7 Å². The molecule has 0 spiro atoms. The number of ether oxygens (including phenoxy) is 1. The van der Waals surface area contributed by atoms with Crippen molar-refractivity contribution < 1.29 is 27.2 Å². The minimum Gasteiger partial charge on any atom is -0.412 e. The number of carbonyl (C=O) groups excluding carboxylic acids is 1. The molecule has 1 heterocycles. The van der Waals surface area contributed by atoms with E-state index < -0.39 is 17.9 Å². The fourth-order valence-electron chi connectivity index (χ4n) is 0.797. The van der Waals surface area contributed by atoms with Gasteiger partial charge in [-0.3, -0.25) is 4.79 Å². The van der Waals surface area contributed by atoms with Crippen molar-refractivity contribution in [1.29, 1.82) is 0 Å². The van der Waals surface area contributed by atoms with Crippen LogP contribution in [0.4, 0.5) is 13.2 Å². The van der Waals surface area contributed by atoms with Crippen LogP contribution in [0.1, 0.15) is 11.7 Å². The molecule has 0 atom stereocenters. The summed E-state index contributed by atoms with van der Waals surface area (Å²) in [7, 11) is 0. The van der Waals surface area contributed by atoms with Crippen molar-refractivity contribution in [2.45, 2.75) is 6.18 Å². The molecule has 7 nitrogen and oxygen atoms in total. The topological polar surface area (TPSA) is 117 Å². The molecule has 0 aliphatic carbocycles. The molecule has 18 heavy (non-hydrogen) atoms. The fraction of sp³-hybridized carbons (Fsp3) is 0.125. The van der Waals surface area contributed by atoms with Gasteiger partial charge in [0.25, 0.3) is 6.47 Å². The monoisotopic (exact) mass is 264 g/mol. The minimum absolute atomic E-state index is 0.0754. The zero-order valence-corrected chi connectivity index (χ0v) is 8.64. The van der Waals surface area contributed by atoms with Crippen molar-refractivity contribution in [1.82, 2.24) is 10.1 Å². The zero-order valence-electron chi connectivity index (χ0n) is 8.64. The summed E-state index contributed by atoms with van der Waals surface area (Å²) in [5.41, 5.74) is 10.3. The van der Waals surface area contributed by atoms with Gasteiger partial charge in [-0.1, -0.05) is 5.16 Å². The van der Waals surface area contributed by atoms with Crippen LogP contribution >= 0.6 is 0 Å². The van der Waals surface area contributed by atoms with Crippen molar-refractivity contribution in [2.24, 2.45) is 11.5 Å². The Bertz CT molecular complexity index is 492. The number of aromatic nitrogens is 2. The van der Waals surface area contributed by atoms with Gasteiger partial charge in [0.15, 0.2) is 5.88 Å². The van der Waals surface area contributed by atoms with Gasteiger partial charge in [-0.05, 0) is 6.08 Å². The smallest absolute Gasteiger partial charge is 0.412 e. The van der Waals surface area contributed by atoms with E-state index in [2.05, 4.69) is 19.4 Å². The molecule has 0 saturated carbocycles. The third-order valence-electron chi connectivity index (χ3n) is 1.54. The molecule has 4 N–H and O–H groups in total. The van der Waals surface area contributed by atoms with E-state index in [0.717, 1.165) is 12.2 Å². The standard InChI is InChI=1S/C8H7F3N4O3/c9-8(10,11)7-14-6(15-18-7)4(12)1-2-5(13)17-3-16/h1-3H,12-13H2/b4-1-,5-2+. The van der Waals surface area contributed by atoms with Crippen LogP contribution in [0.3, 0.4) is 0 Å². The Morgan fingerprint density at radius 2 is 2.00 bits per heavy atom. The first kappa shape index (κ1) is 13.5. The second-order valence-corrected chi connectivity index (χ2v) is 2.83. The maximum Gasteiger partial charge on any atom is 0.471 e. The van der Waals surface area contributed by atoms with Gasteiger partial charge in [0, 0.05) is 6.08 Å². The molecule has 1 aromatic rings. The number of rotatable bonds is 4. The van der Waals surface area contributed by atoms with E-state index in [9.17, 15) is 18.0 Å². The Hall–Kier alpha value is -2.52. The largest absolute Gasteiger partial charge is 0.471 e. The maximum atomic E-state index is 12.1. The number of hydrogen-bond acceptors (Lipinski definition) is 7. The fourth-order valence-corrected chi connectivity index (χ4v) is 0.797. The van der Waals surface area contributed by atoms with Crippen LogP contribution in [0.5, 0.6) is 0 Å². The Labute approximate surface area is 97.9 Å². The molecular formula is C8H7F3N4O3. The van der Waals surface area contributed by atoms with Crippen molar-refractivity contribution >= 4 is 12.2 Å². The van der Waals surface area contributed by atoms with E-state index in [1.807, 2.05) is 0 Å². The quantitative estimate of drug-likeness (QED) is 0.458. The van der Waals surface area contributed by atoms with Gasteiger partial charge in [0.1, 0.15) is 0 Å². The lowest BCUT2D eigenvalue weighted by Crippen LogP contribution is -2.06. The molecule has 0 amide bonds. The van der Waals surface area contributed by atoms with Gasteiger partial charge in [-0.25, -0.2) is 0 Å². The molecule has 1 aromatic heterocycles. The van der Waals surface area contributed by atoms with Crippen molar-refractivity contribution in [3.63, 3.8) is 0 Å². The van der Waals surface area contributed by atoms with Crippen LogP contribution in [0.25, 0.3) is 5.70 Å². The van der Waals surface area contributed by atoms with E-state index in [4.69, 9.17) is 11.5 Å². The van der Waals surface area contributed by atoms with Gasteiger partial charge in [0.05, 0.1) is 5.70 Å². The summed E-state index contributed by atoms with van der Waals surface area (Å²) in [6.45, 7) is 0.0754. The normalized spacial score (nSPS) is 13.5. The first-order chi connectivity index (χ1) is 8.34. The summed E-state index contributed by atoms with van der Waals surface area (Å²) in [5.74, 6) is -2.28. The Kier molecular flexibility index (Phi) is 3.92. The highest BCUT2D eigenvalue weighted by Gasteiger charge is 2.38. The molecule has 98 valence electrons. The lowest BCUT2D eigenvalue weighted by atomic mass is 10.4. The summed E-state index contributed by atoms with van der Waals surface area (Å²) in [6, 6.07) is 0. The van der Waals surface area contributed by atoms with Crippen LogP contribution in [0.2, 0.25) is 0 Å². The SMILES string of the molecule is N/C(=C\C=C(/N)OC=O)c1noc(C(F)(F)F)n1. The average molecular weight is 264 g/mol. The minimum atomic E-state index is -4.75. The highest BCUT2D eigenvalue weighted by Crippen LogP contribution is 2.27. The summed E-state index contributed by atoms with van der Waals surface area (Å²) in [5, 5.41) is 3.03. The average Bonchev–Trinajstić information content (AvgIpc) is 2.75. The zero-order chi connectivity index (χ0) is 13.8. The first-order valence-electron chi connectivity index (χ1n) is 4.29. The predicted octanol–water partition coefficient (Wildman–Crippen LogP) is 0.361. The first-order valence-corrected chi connectivity index (χ1v) is 4.29. The summed E-state index contributed by atoms with van der Waals surface area (Å²) >= 11 is 0. The maximum absolute atomic E-state index is 12.1. The highest BCUT2D eigenvalue weighted by molar-refractivity contribution is 5.57. The highest BCUT2D eigenvalue weighted by atomic mass is 19.4. The van der Waals surface area contributed by atoms with Crippen molar-refractivity contribution in [2.75, 3.05) is 0 Å². The number of alkyl halides is 3. The molecule has 0 aromatic carbocycles. The Morgan fingerprint density at radius 3 is 2.50 bits per heavy atom. The van der Waals surface area contributed by atoms with E-state index in [1.54, 1.807) is 0 Å². The third-order valence-corrected chi connectivity index (χ3v) is 1.54. The second kappa shape index (κ2) is 5.21. The summed E-state index contributed by atoms with van der Waals surface area (Å²) < 4.78 is 44.6. The lowest BCUT2D eigenvalue weighted by molar-refractivity contribution is -0.159. The molecule has 0 saturated heterocycles. The Morgan fingerprint density at radius 1 is 1.33 bits per heavy atom. The molecule has 1 rings (SSSR count). The summed E-state index contributed by atoms with van der Waals surface area (Å²) in [4.78, 5) is 12.9. The predicted molar refractivity (Wildman–Crippen MR) is 50.9 cm³/mol. The van der Waals surface area contributed by atoms with Crippen molar-refractivity contribution in [3.05, 3.63) is 29.8 Å². The van der Waals surface area contributed by atoms with Gasteiger partial charge in [0.2, 0.25) is 5.82 Å².